The minimum atomic E-state index is -5.20. The van der Waals surface area contributed by atoms with E-state index in [4.69, 9.17) is 5.73 Å². The van der Waals surface area contributed by atoms with E-state index < -0.39 is 18.1 Å². The molecule has 0 aliphatic heterocycles. The third kappa shape index (κ3) is 4.76. The number of aromatic nitrogens is 5. The Labute approximate surface area is 183 Å². The lowest BCUT2D eigenvalue weighted by Crippen LogP contribution is -2.35. The molecule has 33 heavy (non-hydrogen) atoms. The second-order valence-electron chi connectivity index (χ2n) is 7.09. The second-order valence-corrected chi connectivity index (χ2v) is 7.09. The smallest absolute Gasteiger partial charge is 0.383 e. The number of imidazole rings is 1. The molecule has 170 valence electrons. The van der Waals surface area contributed by atoms with Crippen molar-refractivity contribution in [1.82, 2.24) is 30.2 Å². The quantitative estimate of drug-likeness (QED) is 0.398. The zero-order valence-electron chi connectivity index (χ0n) is 17.0. The molecular formula is C20H16F3N7O3. The topological polar surface area (TPSA) is 141 Å². The van der Waals surface area contributed by atoms with Gasteiger partial charge in [0.15, 0.2) is 0 Å². The van der Waals surface area contributed by atoms with Gasteiger partial charge in [0.2, 0.25) is 0 Å². The highest BCUT2D eigenvalue weighted by atomic mass is 19.4. The van der Waals surface area contributed by atoms with Crippen LogP contribution < -0.4 is 11.2 Å². The van der Waals surface area contributed by atoms with Gasteiger partial charge in [-0.2, -0.15) is 23.8 Å². The number of nitrogen functional groups attached to an aromatic ring is 1. The number of carbonyl (C=O) groups is 2. The number of fused-ring (bicyclic) bond motifs is 1. The Balaban J connectivity index is 1.54. The summed E-state index contributed by atoms with van der Waals surface area (Å²) in [6, 6.07) is 6.63. The van der Waals surface area contributed by atoms with Crippen LogP contribution in [-0.2, 0) is 27.9 Å². The maximum atomic E-state index is 12.1. The predicted octanol–water partition coefficient (Wildman–Crippen LogP) is 2.29. The number of pyridine rings is 1. The first kappa shape index (κ1) is 21.8. The highest BCUT2D eigenvalue weighted by Crippen LogP contribution is 2.29. The lowest BCUT2D eigenvalue weighted by Gasteiger charge is -2.07. The van der Waals surface area contributed by atoms with Crippen LogP contribution in [0.5, 0.6) is 0 Å². The fourth-order valence-electron chi connectivity index (χ4n) is 3.07. The number of nitrogens with two attached hydrogens (primary N) is 1. The van der Waals surface area contributed by atoms with Gasteiger partial charge in [0, 0.05) is 30.6 Å². The Morgan fingerprint density at radius 2 is 2.00 bits per heavy atom. The van der Waals surface area contributed by atoms with Gasteiger partial charge >= 0.3 is 12.1 Å². The van der Waals surface area contributed by atoms with E-state index in [9.17, 15) is 22.8 Å². The van der Waals surface area contributed by atoms with E-state index in [1.807, 2.05) is 12.3 Å². The van der Waals surface area contributed by atoms with E-state index in [0.29, 0.717) is 28.0 Å². The molecule has 0 radical (unpaired) electrons. The van der Waals surface area contributed by atoms with E-state index in [1.165, 1.54) is 5.48 Å². The molecule has 0 aliphatic rings. The Bertz CT molecular complexity index is 1360. The predicted molar refractivity (Wildman–Crippen MR) is 110 cm³/mol. The number of halogens is 3. The number of alkyl halides is 3. The molecule has 0 saturated carbocycles. The van der Waals surface area contributed by atoms with E-state index >= 15 is 0 Å². The number of hydroxylamine groups is 1. The summed E-state index contributed by atoms with van der Waals surface area (Å²) in [5, 5.41) is 4.14. The molecule has 1 aromatic carbocycles. The molecule has 3 heterocycles. The van der Waals surface area contributed by atoms with Gasteiger partial charge in [0.1, 0.15) is 11.6 Å². The monoisotopic (exact) mass is 459 g/mol. The van der Waals surface area contributed by atoms with E-state index in [-0.39, 0.29) is 12.2 Å². The van der Waals surface area contributed by atoms with Crippen LogP contribution in [0.2, 0.25) is 0 Å². The molecule has 4 rings (SSSR count). The molecule has 0 atom stereocenters. The van der Waals surface area contributed by atoms with Crippen molar-refractivity contribution in [3.8, 4) is 22.5 Å². The first-order valence-corrected chi connectivity index (χ1v) is 9.40. The van der Waals surface area contributed by atoms with Crippen molar-refractivity contribution < 1.29 is 27.6 Å². The molecule has 4 aromatic rings. The molecule has 0 aliphatic carbocycles. The zero-order valence-corrected chi connectivity index (χ0v) is 17.0. The maximum absolute atomic E-state index is 12.1. The number of aryl methyl sites for hydroxylation is 1. The lowest BCUT2D eigenvalue weighted by atomic mass is 10.1. The third-order valence-corrected chi connectivity index (χ3v) is 4.61. The minimum absolute atomic E-state index is 0.257. The molecule has 0 spiro atoms. The van der Waals surface area contributed by atoms with Crippen molar-refractivity contribution in [3.63, 3.8) is 0 Å². The van der Waals surface area contributed by atoms with E-state index in [0.717, 1.165) is 11.1 Å². The van der Waals surface area contributed by atoms with Gasteiger partial charge in [-0.15, -0.1) is 0 Å². The van der Waals surface area contributed by atoms with Crippen LogP contribution in [0.1, 0.15) is 5.56 Å². The normalized spacial score (nSPS) is 11.5. The molecule has 0 fully saturated rings. The van der Waals surface area contributed by atoms with Crippen LogP contribution in [0.4, 0.5) is 19.0 Å². The van der Waals surface area contributed by atoms with Crippen LogP contribution in [0.3, 0.4) is 0 Å². The summed E-state index contributed by atoms with van der Waals surface area (Å²) in [6.07, 6.45) is -0.377. The van der Waals surface area contributed by atoms with Crippen LogP contribution in [0, 0.1) is 0 Å². The number of hydrogen-bond donors (Lipinski definition) is 3. The second kappa shape index (κ2) is 8.26. The Morgan fingerprint density at radius 1 is 1.21 bits per heavy atom. The zero-order chi connectivity index (χ0) is 23.8. The Morgan fingerprint density at radius 3 is 2.70 bits per heavy atom. The fourth-order valence-corrected chi connectivity index (χ4v) is 3.07. The molecular weight excluding hydrogens is 443 g/mol. The van der Waals surface area contributed by atoms with Gasteiger partial charge in [-0.1, -0.05) is 6.07 Å². The molecule has 0 saturated heterocycles. The summed E-state index contributed by atoms with van der Waals surface area (Å²) in [5.41, 5.74) is 11.3. The minimum Gasteiger partial charge on any atom is -0.383 e. The molecule has 13 heteroatoms. The number of benzene rings is 1. The Kier molecular flexibility index (Phi) is 5.45. The number of amides is 1. The molecule has 10 nitrogen and oxygen atoms in total. The van der Waals surface area contributed by atoms with E-state index in [1.54, 1.807) is 42.3 Å². The average molecular weight is 459 g/mol. The third-order valence-electron chi connectivity index (χ3n) is 4.61. The van der Waals surface area contributed by atoms with Gasteiger partial charge in [-0.05, 0) is 23.8 Å². The number of hydrogen-bond acceptors (Lipinski definition) is 7. The lowest BCUT2D eigenvalue weighted by molar-refractivity contribution is -0.207. The first-order valence-electron chi connectivity index (χ1n) is 9.40. The molecule has 4 N–H and O–H groups in total. The fraction of sp³-hybridized carbons (Fsp3) is 0.150. The molecule has 0 bridgehead atoms. The molecule has 1 amide bonds. The van der Waals surface area contributed by atoms with Crippen LogP contribution in [0.15, 0.2) is 42.9 Å². The highest BCUT2D eigenvalue weighted by molar-refractivity contribution is 5.86. The Hall–Kier alpha value is -4.42. The SMILES string of the molecule is Cn1cc(-c2cnc(N)c(-c3nc4ccc(CC(=O)NOC(=O)C(F)(F)F)cc4[nH]3)c2)cn1. The number of anilines is 1. The number of rotatable bonds is 4. The van der Waals surface area contributed by atoms with Crippen LogP contribution in [-0.4, -0.2) is 42.8 Å². The molecule has 3 aromatic heterocycles. The van der Waals surface area contributed by atoms with Gasteiger partial charge in [0.25, 0.3) is 5.91 Å². The number of H-pyrrole nitrogens is 1. The van der Waals surface area contributed by atoms with Crippen LogP contribution >= 0.6 is 0 Å². The van der Waals surface area contributed by atoms with Crippen LogP contribution in [0.25, 0.3) is 33.5 Å². The molecule has 0 unspecified atom stereocenters. The number of nitrogens with zero attached hydrogens (tertiary/aromatic N) is 4. The summed E-state index contributed by atoms with van der Waals surface area (Å²) in [4.78, 5) is 38.1. The van der Waals surface area contributed by atoms with Gasteiger partial charge in [0.05, 0.1) is 29.2 Å². The van der Waals surface area contributed by atoms with Crippen molar-refractivity contribution >= 4 is 28.7 Å². The van der Waals surface area contributed by atoms with Gasteiger partial charge < -0.3 is 15.6 Å². The highest BCUT2D eigenvalue weighted by Gasteiger charge is 2.41. The van der Waals surface area contributed by atoms with Gasteiger partial charge in [-0.3, -0.25) is 9.48 Å². The summed E-state index contributed by atoms with van der Waals surface area (Å²) >= 11 is 0. The van der Waals surface area contributed by atoms with Crippen molar-refractivity contribution in [2.45, 2.75) is 12.6 Å². The standard InChI is InChI=1S/C20H16F3N7O3/c1-30-9-12(8-26-30)11-6-13(17(24)25-7-11)18-27-14-3-2-10(4-15(14)28-18)5-16(31)29-33-19(32)20(21,22)23/h2-4,6-9H,5H2,1H3,(H2,24,25)(H,27,28)(H,29,31). The first-order chi connectivity index (χ1) is 15.6. The largest absolute Gasteiger partial charge is 0.493 e. The van der Waals surface area contributed by atoms with Crippen molar-refractivity contribution in [2.24, 2.45) is 7.05 Å². The number of nitrogens with one attached hydrogen (secondary N) is 2. The number of carbonyl (C=O) groups excluding carboxylic acids is 2. The van der Waals surface area contributed by atoms with Crippen molar-refractivity contribution in [2.75, 3.05) is 5.73 Å². The average Bonchev–Trinajstić information content (AvgIpc) is 3.37. The van der Waals surface area contributed by atoms with Crippen molar-refractivity contribution in [3.05, 3.63) is 48.4 Å². The summed E-state index contributed by atoms with van der Waals surface area (Å²) in [5.74, 6) is -2.73. The number of aromatic amines is 1. The summed E-state index contributed by atoms with van der Waals surface area (Å²) in [6.45, 7) is 0. The van der Waals surface area contributed by atoms with E-state index in [2.05, 4.69) is 24.9 Å². The van der Waals surface area contributed by atoms with Crippen molar-refractivity contribution in [1.29, 1.82) is 0 Å². The summed E-state index contributed by atoms with van der Waals surface area (Å²) in [7, 11) is 1.80. The summed E-state index contributed by atoms with van der Waals surface area (Å²) < 4.78 is 38.1. The van der Waals surface area contributed by atoms with Gasteiger partial charge in [-0.25, -0.2) is 14.8 Å². The maximum Gasteiger partial charge on any atom is 0.493 e.